The Morgan fingerprint density at radius 2 is 2.27 bits per heavy atom. The quantitative estimate of drug-likeness (QED) is 0.556. The number of carbonyl (C=O) groups is 1. The van der Waals surface area contributed by atoms with Crippen LogP contribution in [0, 0.1) is 0 Å². The second-order valence-corrected chi connectivity index (χ2v) is 5.20. The van der Waals surface area contributed by atoms with Crippen LogP contribution in [0.25, 0.3) is 16.9 Å². The molecule has 1 aromatic carbocycles. The molecular weight excluding hydrogens is 306 g/mol. The molecule has 0 aliphatic rings. The number of carboxylic acids is 1. The van der Waals surface area contributed by atoms with E-state index in [-0.39, 0.29) is 5.75 Å². The van der Waals surface area contributed by atoms with E-state index in [9.17, 15) is 4.79 Å². The second kappa shape index (κ2) is 5.98. The molecular formula is C13H11N5O3S. The highest BCUT2D eigenvalue weighted by Gasteiger charge is 2.14. The molecule has 9 heteroatoms. The average Bonchev–Trinajstić information content (AvgIpc) is 2.97. The number of methoxy groups -OCH3 is 1. The first-order chi connectivity index (χ1) is 10.7. The third-order valence-corrected chi connectivity index (χ3v) is 3.80. The van der Waals surface area contributed by atoms with Gasteiger partial charge in [0, 0.05) is 6.07 Å². The zero-order chi connectivity index (χ0) is 15.5. The minimum absolute atomic E-state index is 0.0991. The molecule has 0 atom stereocenters. The molecule has 0 spiro atoms. The minimum Gasteiger partial charge on any atom is -0.497 e. The van der Waals surface area contributed by atoms with Crippen molar-refractivity contribution >= 4 is 28.9 Å². The van der Waals surface area contributed by atoms with E-state index >= 15 is 0 Å². The third-order valence-electron chi connectivity index (χ3n) is 2.83. The Balaban J connectivity index is 2.05. The predicted octanol–water partition coefficient (Wildman–Crippen LogP) is 1.40. The molecule has 0 saturated heterocycles. The Bertz CT molecular complexity index is 835. The zero-order valence-corrected chi connectivity index (χ0v) is 12.3. The topological polar surface area (TPSA) is 103 Å². The van der Waals surface area contributed by atoms with Gasteiger partial charge in [-0.05, 0) is 12.1 Å². The molecule has 2 aromatic heterocycles. The van der Waals surface area contributed by atoms with Crippen LogP contribution in [0.2, 0.25) is 0 Å². The Hall–Kier alpha value is -2.68. The number of hydrogen-bond acceptors (Lipinski definition) is 7. The van der Waals surface area contributed by atoms with Gasteiger partial charge in [0.25, 0.3) is 0 Å². The Labute approximate surface area is 129 Å². The maximum absolute atomic E-state index is 10.7. The van der Waals surface area contributed by atoms with Crippen molar-refractivity contribution in [2.45, 2.75) is 5.03 Å². The summed E-state index contributed by atoms with van der Waals surface area (Å²) >= 11 is 1.08. The van der Waals surface area contributed by atoms with Crippen molar-refractivity contribution < 1.29 is 14.6 Å². The number of benzene rings is 1. The fourth-order valence-corrected chi connectivity index (χ4v) is 2.53. The van der Waals surface area contributed by atoms with Gasteiger partial charge >= 0.3 is 5.97 Å². The average molecular weight is 317 g/mol. The maximum Gasteiger partial charge on any atom is 0.313 e. The predicted molar refractivity (Wildman–Crippen MR) is 79.4 cm³/mol. The van der Waals surface area contributed by atoms with Crippen LogP contribution in [-0.4, -0.2) is 48.9 Å². The zero-order valence-electron chi connectivity index (χ0n) is 11.5. The van der Waals surface area contributed by atoms with Crippen LogP contribution in [0.4, 0.5) is 0 Å². The summed E-state index contributed by atoms with van der Waals surface area (Å²) in [6.07, 6.45) is 1.37. The van der Waals surface area contributed by atoms with Crippen molar-refractivity contribution in [3.8, 4) is 11.4 Å². The van der Waals surface area contributed by atoms with Crippen LogP contribution in [0.15, 0.2) is 35.6 Å². The molecule has 3 rings (SSSR count). The largest absolute Gasteiger partial charge is 0.497 e. The number of ether oxygens (including phenoxy) is 1. The summed E-state index contributed by atoms with van der Waals surface area (Å²) in [6.45, 7) is 0. The van der Waals surface area contributed by atoms with Gasteiger partial charge in [0.05, 0.1) is 18.6 Å². The summed E-state index contributed by atoms with van der Waals surface area (Å²) in [6, 6.07) is 7.32. The number of hydrogen-bond donors (Lipinski definition) is 1. The lowest BCUT2D eigenvalue weighted by Gasteiger charge is -2.04. The number of aromatic nitrogens is 5. The second-order valence-electron chi connectivity index (χ2n) is 4.24. The highest BCUT2D eigenvalue weighted by molar-refractivity contribution is 8.00. The number of thioether (sulfide) groups is 1. The van der Waals surface area contributed by atoms with Crippen LogP contribution < -0.4 is 4.74 Å². The SMILES string of the molecule is COc1cccc(-n2nnc3c(SCC(=O)O)ncnc32)c1. The number of aliphatic carboxylic acids is 1. The van der Waals surface area contributed by atoms with Crippen LogP contribution in [0.5, 0.6) is 5.75 Å². The molecule has 1 N–H and O–H groups in total. The van der Waals surface area contributed by atoms with Gasteiger partial charge in [0.15, 0.2) is 11.2 Å². The monoisotopic (exact) mass is 317 g/mol. The lowest BCUT2D eigenvalue weighted by Crippen LogP contribution is -2.00. The third kappa shape index (κ3) is 2.70. The number of fused-ring (bicyclic) bond motifs is 1. The molecule has 0 saturated carbocycles. The van der Waals surface area contributed by atoms with Crippen molar-refractivity contribution in [3.05, 3.63) is 30.6 Å². The normalized spacial score (nSPS) is 10.8. The first-order valence-electron chi connectivity index (χ1n) is 6.24. The van der Waals surface area contributed by atoms with Crippen LogP contribution in [0.3, 0.4) is 0 Å². The lowest BCUT2D eigenvalue weighted by molar-refractivity contribution is -0.133. The van der Waals surface area contributed by atoms with Crippen LogP contribution in [-0.2, 0) is 4.79 Å². The summed E-state index contributed by atoms with van der Waals surface area (Å²) in [5.41, 5.74) is 1.72. The van der Waals surface area contributed by atoms with E-state index < -0.39 is 5.97 Å². The Morgan fingerprint density at radius 3 is 3.05 bits per heavy atom. The molecule has 0 aliphatic carbocycles. The van der Waals surface area contributed by atoms with Gasteiger partial charge in [-0.3, -0.25) is 4.79 Å². The maximum atomic E-state index is 10.7. The minimum atomic E-state index is -0.919. The molecule has 112 valence electrons. The summed E-state index contributed by atoms with van der Waals surface area (Å²) < 4.78 is 6.75. The molecule has 3 aromatic rings. The van der Waals surface area contributed by atoms with Gasteiger partial charge in [0.1, 0.15) is 17.1 Å². The molecule has 0 unspecified atom stereocenters. The molecule has 8 nitrogen and oxygen atoms in total. The highest BCUT2D eigenvalue weighted by Crippen LogP contribution is 2.24. The molecule has 0 radical (unpaired) electrons. The Morgan fingerprint density at radius 1 is 1.41 bits per heavy atom. The van der Waals surface area contributed by atoms with Crippen molar-refractivity contribution in [2.24, 2.45) is 0 Å². The Kier molecular flexibility index (Phi) is 3.88. The van der Waals surface area contributed by atoms with Crippen LogP contribution >= 0.6 is 11.8 Å². The lowest BCUT2D eigenvalue weighted by atomic mass is 10.3. The van der Waals surface area contributed by atoms with Gasteiger partial charge in [0.2, 0.25) is 0 Å². The summed E-state index contributed by atoms with van der Waals surface area (Å²) in [7, 11) is 1.58. The van der Waals surface area contributed by atoms with E-state index in [1.807, 2.05) is 18.2 Å². The number of carboxylic acid groups (broad SMARTS) is 1. The van der Waals surface area contributed by atoms with E-state index in [0.717, 1.165) is 17.4 Å². The molecule has 0 fully saturated rings. The van der Waals surface area contributed by atoms with Crippen molar-refractivity contribution in [1.82, 2.24) is 25.0 Å². The van der Waals surface area contributed by atoms with Crippen molar-refractivity contribution in [1.29, 1.82) is 0 Å². The van der Waals surface area contributed by atoms with Gasteiger partial charge in [-0.1, -0.05) is 23.0 Å². The summed E-state index contributed by atoms with van der Waals surface area (Å²) in [5, 5.41) is 17.4. The fourth-order valence-electron chi connectivity index (χ4n) is 1.88. The van der Waals surface area contributed by atoms with Crippen molar-refractivity contribution in [3.63, 3.8) is 0 Å². The van der Waals surface area contributed by atoms with Gasteiger partial charge in [-0.25, -0.2) is 9.97 Å². The van der Waals surface area contributed by atoms with Gasteiger partial charge in [-0.2, -0.15) is 4.68 Å². The highest BCUT2D eigenvalue weighted by atomic mass is 32.2. The molecule has 22 heavy (non-hydrogen) atoms. The standard InChI is InChI=1S/C13H11N5O3S/c1-21-9-4-2-3-8(5-9)18-12-11(16-17-18)13(15-7-14-12)22-6-10(19)20/h2-5,7H,6H2,1H3,(H,19,20). The smallest absolute Gasteiger partial charge is 0.313 e. The van der Waals surface area contributed by atoms with Gasteiger partial charge in [-0.15, -0.1) is 5.10 Å². The number of rotatable bonds is 5. The van der Waals surface area contributed by atoms with E-state index in [0.29, 0.717) is 21.9 Å². The number of nitrogens with zero attached hydrogens (tertiary/aromatic N) is 5. The van der Waals surface area contributed by atoms with Crippen molar-refractivity contribution in [2.75, 3.05) is 12.9 Å². The van der Waals surface area contributed by atoms with E-state index in [2.05, 4.69) is 20.3 Å². The fraction of sp³-hybridized carbons (Fsp3) is 0.154. The summed E-state index contributed by atoms with van der Waals surface area (Å²) in [5.74, 6) is -0.328. The van der Waals surface area contributed by atoms with E-state index in [4.69, 9.17) is 9.84 Å². The van der Waals surface area contributed by atoms with E-state index in [1.165, 1.54) is 6.33 Å². The summed E-state index contributed by atoms with van der Waals surface area (Å²) in [4.78, 5) is 18.9. The first kappa shape index (κ1) is 14.3. The first-order valence-corrected chi connectivity index (χ1v) is 7.23. The van der Waals surface area contributed by atoms with Crippen LogP contribution in [0.1, 0.15) is 0 Å². The van der Waals surface area contributed by atoms with Gasteiger partial charge < -0.3 is 9.84 Å². The van der Waals surface area contributed by atoms with E-state index in [1.54, 1.807) is 17.9 Å². The molecule has 0 bridgehead atoms. The molecule has 0 aliphatic heterocycles. The molecule has 2 heterocycles. The molecule has 0 amide bonds.